The molecule has 1 aliphatic heterocycles. The Kier molecular flexibility index (Phi) is 4.37. The first-order valence-electron chi connectivity index (χ1n) is 6.66. The van der Waals surface area contributed by atoms with Gasteiger partial charge in [0.25, 0.3) is 0 Å². The average molecular weight is 247 g/mol. The first-order chi connectivity index (χ1) is 8.65. The van der Waals surface area contributed by atoms with Crippen molar-refractivity contribution in [1.82, 2.24) is 4.90 Å². The number of benzene rings is 1. The zero-order chi connectivity index (χ0) is 13.0. The van der Waals surface area contributed by atoms with Crippen LogP contribution in [0.4, 0.5) is 0 Å². The van der Waals surface area contributed by atoms with Gasteiger partial charge in [-0.05, 0) is 31.7 Å². The Bertz CT molecular complexity index is 399. The van der Waals surface area contributed by atoms with Crippen LogP contribution in [0.25, 0.3) is 0 Å². The fourth-order valence-corrected chi connectivity index (χ4v) is 2.32. The Morgan fingerprint density at radius 1 is 1.39 bits per heavy atom. The molecule has 0 spiro atoms. The quantitative estimate of drug-likeness (QED) is 0.883. The van der Waals surface area contributed by atoms with E-state index in [9.17, 15) is 9.90 Å². The van der Waals surface area contributed by atoms with E-state index in [1.807, 2.05) is 0 Å². The van der Waals surface area contributed by atoms with Gasteiger partial charge in [0.2, 0.25) is 5.91 Å². The number of aliphatic hydroxyl groups is 1. The highest BCUT2D eigenvalue weighted by molar-refractivity contribution is 5.76. The van der Waals surface area contributed by atoms with E-state index in [0.29, 0.717) is 19.5 Å². The average Bonchev–Trinajstić information content (AvgIpc) is 2.78. The molecule has 3 heteroatoms. The van der Waals surface area contributed by atoms with Crippen LogP contribution in [0.3, 0.4) is 0 Å². The van der Waals surface area contributed by atoms with Crippen molar-refractivity contribution < 1.29 is 9.90 Å². The number of hydrogen-bond acceptors (Lipinski definition) is 2. The second kappa shape index (κ2) is 6.01. The van der Waals surface area contributed by atoms with Crippen molar-refractivity contribution in [1.29, 1.82) is 0 Å². The van der Waals surface area contributed by atoms with Gasteiger partial charge in [0.05, 0.1) is 6.10 Å². The van der Waals surface area contributed by atoms with Gasteiger partial charge in [0.1, 0.15) is 0 Å². The van der Waals surface area contributed by atoms with E-state index in [1.165, 1.54) is 11.1 Å². The summed E-state index contributed by atoms with van der Waals surface area (Å²) in [7, 11) is 0. The molecule has 1 atom stereocenters. The number of hydrogen-bond donors (Lipinski definition) is 1. The normalized spacial score (nSPS) is 19.2. The first-order valence-corrected chi connectivity index (χ1v) is 6.66. The molecule has 98 valence electrons. The lowest BCUT2D eigenvalue weighted by atomic mass is 10.1. The maximum Gasteiger partial charge on any atom is 0.222 e. The zero-order valence-electron chi connectivity index (χ0n) is 10.9. The predicted molar refractivity (Wildman–Crippen MR) is 71.3 cm³/mol. The maximum atomic E-state index is 11.9. The molecule has 1 heterocycles. The highest BCUT2D eigenvalue weighted by atomic mass is 16.3. The second-order valence-corrected chi connectivity index (χ2v) is 5.12. The Hall–Kier alpha value is -1.35. The van der Waals surface area contributed by atoms with Gasteiger partial charge in [-0.2, -0.15) is 0 Å². The van der Waals surface area contributed by atoms with E-state index in [1.54, 1.807) is 4.90 Å². The van der Waals surface area contributed by atoms with Crippen molar-refractivity contribution in [3.05, 3.63) is 35.4 Å². The lowest BCUT2D eigenvalue weighted by Crippen LogP contribution is -2.29. The van der Waals surface area contributed by atoms with E-state index < -0.39 is 0 Å². The highest BCUT2D eigenvalue weighted by Crippen LogP contribution is 2.12. The number of carbonyl (C=O) groups is 1. The summed E-state index contributed by atoms with van der Waals surface area (Å²) < 4.78 is 0. The van der Waals surface area contributed by atoms with Gasteiger partial charge >= 0.3 is 0 Å². The Morgan fingerprint density at radius 2 is 2.11 bits per heavy atom. The highest BCUT2D eigenvalue weighted by Gasteiger charge is 2.23. The number of nitrogens with zero attached hydrogens (tertiary/aromatic N) is 1. The van der Waals surface area contributed by atoms with E-state index >= 15 is 0 Å². The molecule has 18 heavy (non-hydrogen) atoms. The molecule has 1 aliphatic rings. The number of rotatable bonds is 4. The molecule has 3 nitrogen and oxygen atoms in total. The topological polar surface area (TPSA) is 40.5 Å². The number of carbonyl (C=O) groups excluding carboxylic acids is 1. The third-order valence-corrected chi connectivity index (χ3v) is 3.49. The van der Waals surface area contributed by atoms with Crippen molar-refractivity contribution in [2.75, 3.05) is 13.1 Å². The molecule has 0 saturated carbocycles. The molecular formula is C15H21NO2. The number of β-amino-alcohol motifs (C(OH)–C–C–N with tert-alkyl or cyclic N) is 1. The van der Waals surface area contributed by atoms with Crippen LogP contribution >= 0.6 is 0 Å². The lowest BCUT2D eigenvalue weighted by Gasteiger charge is -2.15. The van der Waals surface area contributed by atoms with Crippen molar-refractivity contribution in [3.63, 3.8) is 0 Å². The van der Waals surface area contributed by atoms with Gasteiger partial charge in [-0.3, -0.25) is 4.79 Å². The molecule has 1 N–H and O–H groups in total. The van der Waals surface area contributed by atoms with Gasteiger partial charge in [0.15, 0.2) is 0 Å². The molecular weight excluding hydrogens is 226 g/mol. The van der Waals surface area contributed by atoms with Gasteiger partial charge in [0, 0.05) is 19.5 Å². The molecule has 1 amide bonds. The monoisotopic (exact) mass is 247 g/mol. The van der Waals surface area contributed by atoms with Crippen molar-refractivity contribution in [2.45, 2.75) is 38.7 Å². The van der Waals surface area contributed by atoms with E-state index in [0.717, 1.165) is 19.3 Å². The number of aryl methyl sites for hydroxylation is 2. The summed E-state index contributed by atoms with van der Waals surface area (Å²) in [5.41, 5.74) is 2.55. The third-order valence-electron chi connectivity index (χ3n) is 3.49. The Balaban J connectivity index is 1.72. The SMILES string of the molecule is Cc1ccc(CCCC(=O)N2CC[C@H](O)C2)cc1. The number of aliphatic hydroxyl groups excluding tert-OH is 1. The van der Waals surface area contributed by atoms with Crippen LogP contribution in [0, 0.1) is 6.92 Å². The van der Waals surface area contributed by atoms with E-state index in [4.69, 9.17) is 0 Å². The van der Waals surface area contributed by atoms with Gasteiger partial charge < -0.3 is 10.0 Å². The molecule has 0 bridgehead atoms. The third kappa shape index (κ3) is 3.57. The largest absolute Gasteiger partial charge is 0.391 e. The van der Waals surface area contributed by atoms with Crippen LogP contribution < -0.4 is 0 Å². The smallest absolute Gasteiger partial charge is 0.222 e. The summed E-state index contributed by atoms with van der Waals surface area (Å²) in [5.74, 6) is 0.179. The van der Waals surface area contributed by atoms with Crippen LogP contribution in [-0.4, -0.2) is 35.1 Å². The van der Waals surface area contributed by atoms with Crippen molar-refractivity contribution in [3.8, 4) is 0 Å². The summed E-state index contributed by atoms with van der Waals surface area (Å²) in [5, 5.41) is 9.38. The van der Waals surface area contributed by atoms with Crippen LogP contribution in [0.5, 0.6) is 0 Å². The zero-order valence-corrected chi connectivity index (χ0v) is 10.9. The first kappa shape index (κ1) is 13.1. The second-order valence-electron chi connectivity index (χ2n) is 5.12. The molecule has 2 rings (SSSR count). The minimum atomic E-state index is -0.314. The molecule has 1 aromatic rings. The predicted octanol–water partition coefficient (Wildman–Crippen LogP) is 1.91. The molecule has 0 aromatic heterocycles. The Labute approximate surface area is 108 Å². The lowest BCUT2D eigenvalue weighted by molar-refractivity contribution is -0.130. The van der Waals surface area contributed by atoms with Crippen LogP contribution in [0.2, 0.25) is 0 Å². The molecule has 1 aromatic carbocycles. The molecule has 1 saturated heterocycles. The molecule has 0 unspecified atom stereocenters. The molecule has 0 radical (unpaired) electrons. The minimum absolute atomic E-state index is 0.179. The minimum Gasteiger partial charge on any atom is -0.391 e. The van der Waals surface area contributed by atoms with Gasteiger partial charge in [-0.25, -0.2) is 0 Å². The molecule has 1 fully saturated rings. The van der Waals surface area contributed by atoms with Crippen LogP contribution in [0.15, 0.2) is 24.3 Å². The maximum absolute atomic E-state index is 11.9. The van der Waals surface area contributed by atoms with Crippen LogP contribution in [-0.2, 0) is 11.2 Å². The number of amides is 1. The standard InChI is InChI=1S/C15H21NO2/c1-12-5-7-13(8-6-12)3-2-4-15(18)16-10-9-14(17)11-16/h5-8,14,17H,2-4,9-11H2,1H3/t14-/m0/s1. The fourth-order valence-electron chi connectivity index (χ4n) is 2.32. The fraction of sp³-hybridized carbons (Fsp3) is 0.533. The summed E-state index contributed by atoms with van der Waals surface area (Å²) in [6.07, 6.45) is 2.83. The Morgan fingerprint density at radius 3 is 2.72 bits per heavy atom. The van der Waals surface area contributed by atoms with Crippen molar-refractivity contribution >= 4 is 5.91 Å². The summed E-state index contributed by atoms with van der Waals surface area (Å²) in [6, 6.07) is 8.46. The summed E-state index contributed by atoms with van der Waals surface area (Å²) >= 11 is 0. The molecule has 0 aliphatic carbocycles. The summed E-state index contributed by atoms with van der Waals surface area (Å²) in [4.78, 5) is 13.6. The van der Waals surface area contributed by atoms with Gasteiger partial charge in [-0.15, -0.1) is 0 Å². The van der Waals surface area contributed by atoms with E-state index in [-0.39, 0.29) is 12.0 Å². The number of likely N-dealkylation sites (tertiary alicyclic amines) is 1. The van der Waals surface area contributed by atoms with Gasteiger partial charge in [-0.1, -0.05) is 29.8 Å². The summed E-state index contributed by atoms with van der Waals surface area (Å²) in [6.45, 7) is 3.31. The van der Waals surface area contributed by atoms with Crippen molar-refractivity contribution in [2.24, 2.45) is 0 Å². The van der Waals surface area contributed by atoms with E-state index in [2.05, 4.69) is 31.2 Å². The van der Waals surface area contributed by atoms with Crippen LogP contribution in [0.1, 0.15) is 30.4 Å².